The van der Waals surface area contributed by atoms with Crippen LogP contribution in [0.4, 0.5) is 17.1 Å². The highest BCUT2D eigenvalue weighted by atomic mass is 32.1. The van der Waals surface area contributed by atoms with Gasteiger partial charge in [-0.05, 0) is 103 Å². The van der Waals surface area contributed by atoms with Gasteiger partial charge in [0.1, 0.15) is 0 Å². The third-order valence-corrected chi connectivity index (χ3v) is 11.0. The molecule has 0 fully saturated rings. The zero-order chi connectivity index (χ0) is 31.6. The molecule has 2 heteroatoms. The molecule has 0 spiro atoms. The number of nitrogens with zero attached hydrogens (tertiary/aromatic N) is 1. The van der Waals surface area contributed by atoms with Crippen molar-refractivity contribution >= 4 is 91.7 Å². The number of hydrogen-bond donors (Lipinski definition) is 0. The van der Waals surface area contributed by atoms with E-state index in [1.54, 1.807) is 0 Å². The number of benzene rings is 9. The van der Waals surface area contributed by atoms with Crippen molar-refractivity contribution in [1.82, 2.24) is 0 Å². The molecule has 10 rings (SSSR count). The van der Waals surface area contributed by atoms with Crippen LogP contribution in [0.2, 0.25) is 0 Å². The first-order chi connectivity index (χ1) is 23.8. The van der Waals surface area contributed by atoms with Crippen molar-refractivity contribution in [2.75, 3.05) is 4.90 Å². The molecule has 0 aliphatic heterocycles. The SMILES string of the molecule is c1ccc(N(c2ccc(-c3cccc4ccc5c6ccccc6ccc5c34)cc2)c2ccc3ccc4sc5ccccc5c4c3c2)cc1. The molecule has 0 saturated carbocycles. The van der Waals surface area contributed by atoms with E-state index in [0.29, 0.717) is 0 Å². The Morgan fingerprint density at radius 1 is 0.333 bits per heavy atom. The Labute approximate surface area is 282 Å². The van der Waals surface area contributed by atoms with Crippen LogP contribution < -0.4 is 4.90 Å². The lowest BCUT2D eigenvalue weighted by Gasteiger charge is -2.26. The predicted octanol–water partition coefficient (Wildman–Crippen LogP) is 13.8. The van der Waals surface area contributed by atoms with E-state index in [1.165, 1.54) is 74.4 Å². The number of anilines is 3. The van der Waals surface area contributed by atoms with E-state index in [4.69, 9.17) is 0 Å². The summed E-state index contributed by atoms with van der Waals surface area (Å²) in [7, 11) is 0. The van der Waals surface area contributed by atoms with E-state index in [1.807, 2.05) is 11.3 Å². The van der Waals surface area contributed by atoms with Gasteiger partial charge in [-0.1, -0.05) is 127 Å². The highest BCUT2D eigenvalue weighted by molar-refractivity contribution is 7.26. The van der Waals surface area contributed by atoms with Gasteiger partial charge in [0, 0.05) is 37.2 Å². The smallest absolute Gasteiger partial charge is 0.0468 e. The average molecular weight is 628 g/mol. The minimum Gasteiger partial charge on any atom is -0.310 e. The molecule has 1 nitrogen and oxygen atoms in total. The van der Waals surface area contributed by atoms with Gasteiger partial charge in [0.15, 0.2) is 0 Å². The van der Waals surface area contributed by atoms with Crippen molar-refractivity contribution in [3.63, 3.8) is 0 Å². The topological polar surface area (TPSA) is 3.24 Å². The summed E-state index contributed by atoms with van der Waals surface area (Å²) < 4.78 is 2.65. The molecule has 0 saturated heterocycles. The zero-order valence-corrected chi connectivity index (χ0v) is 26.9. The summed E-state index contributed by atoms with van der Waals surface area (Å²) in [5.74, 6) is 0. The van der Waals surface area contributed by atoms with E-state index in [9.17, 15) is 0 Å². The Morgan fingerprint density at radius 3 is 1.88 bits per heavy atom. The Morgan fingerprint density at radius 2 is 0.979 bits per heavy atom. The van der Waals surface area contributed by atoms with Gasteiger partial charge in [-0.25, -0.2) is 0 Å². The molecule has 0 bridgehead atoms. The van der Waals surface area contributed by atoms with Crippen molar-refractivity contribution in [2.24, 2.45) is 0 Å². The van der Waals surface area contributed by atoms with E-state index >= 15 is 0 Å². The third kappa shape index (κ3) is 4.24. The van der Waals surface area contributed by atoms with Crippen molar-refractivity contribution in [3.05, 3.63) is 176 Å². The second kappa shape index (κ2) is 10.8. The van der Waals surface area contributed by atoms with Crippen LogP contribution in [0.1, 0.15) is 0 Å². The average Bonchev–Trinajstić information content (AvgIpc) is 3.54. The van der Waals surface area contributed by atoms with Crippen LogP contribution >= 0.6 is 11.3 Å². The molecule has 1 aromatic heterocycles. The number of rotatable bonds is 4. The number of fused-ring (bicyclic) bond motifs is 10. The second-order valence-corrected chi connectivity index (χ2v) is 13.6. The molecule has 9 aromatic carbocycles. The molecule has 0 atom stereocenters. The highest BCUT2D eigenvalue weighted by Crippen LogP contribution is 2.43. The first-order valence-electron chi connectivity index (χ1n) is 16.4. The summed E-state index contributed by atoms with van der Waals surface area (Å²) in [6.07, 6.45) is 0. The molecular formula is C46H29NS. The normalized spacial score (nSPS) is 11.8. The Bertz CT molecular complexity index is 2830. The zero-order valence-electron chi connectivity index (χ0n) is 26.1. The standard InChI is InChI=1S/C46H29NS/c1-2-11-34(12-3-1)47(36-25-19-32-22-28-44-46(42(32)29-36)41-14-6-7-16-43(41)48-44)35-23-17-31(18-24-35)38-15-8-10-33-21-26-39-37-13-5-4-9-30(37)20-27-40(39)45(33)38/h1-29H. The molecule has 0 aliphatic rings. The summed E-state index contributed by atoms with van der Waals surface area (Å²) in [6, 6.07) is 64.5. The maximum absolute atomic E-state index is 2.38. The summed E-state index contributed by atoms with van der Waals surface area (Å²) in [4.78, 5) is 2.38. The van der Waals surface area contributed by atoms with E-state index in [0.717, 1.165) is 17.1 Å². The van der Waals surface area contributed by atoms with Gasteiger partial charge in [0.05, 0.1) is 0 Å². The molecule has 0 unspecified atom stereocenters. The minimum atomic E-state index is 1.13. The molecular weight excluding hydrogens is 599 g/mol. The molecule has 0 N–H and O–H groups in total. The van der Waals surface area contributed by atoms with Crippen molar-refractivity contribution in [3.8, 4) is 11.1 Å². The van der Waals surface area contributed by atoms with Gasteiger partial charge in [0.2, 0.25) is 0 Å². The lowest BCUT2D eigenvalue weighted by atomic mass is 9.91. The summed E-state index contributed by atoms with van der Waals surface area (Å²) in [6.45, 7) is 0. The van der Waals surface area contributed by atoms with E-state index in [2.05, 4.69) is 181 Å². The third-order valence-electron chi connectivity index (χ3n) is 9.82. The second-order valence-electron chi connectivity index (χ2n) is 12.5. The van der Waals surface area contributed by atoms with Gasteiger partial charge in [-0.3, -0.25) is 0 Å². The van der Waals surface area contributed by atoms with Crippen LogP contribution in [-0.2, 0) is 0 Å². The molecule has 0 radical (unpaired) electrons. The Hall–Kier alpha value is -5.96. The molecule has 0 amide bonds. The van der Waals surface area contributed by atoms with Crippen LogP contribution in [0, 0.1) is 0 Å². The minimum absolute atomic E-state index is 1.13. The fraction of sp³-hybridized carbons (Fsp3) is 0. The number of para-hydroxylation sites is 1. The van der Waals surface area contributed by atoms with Crippen molar-refractivity contribution in [1.29, 1.82) is 0 Å². The highest BCUT2D eigenvalue weighted by Gasteiger charge is 2.16. The Kier molecular flexibility index (Phi) is 6.12. The fourth-order valence-corrected chi connectivity index (χ4v) is 8.72. The van der Waals surface area contributed by atoms with Gasteiger partial charge < -0.3 is 4.90 Å². The van der Waals surface area contributed by atoms with Gasteiger partial charge >= 0.3 is 0 Å². The summed E-state index contributed by atoms with van der Waals surface area (Å²) in [5.41, 5.74) is 5.87. The predicted molar refractivity (Wildman–Crippen MR) is 209 cm³/mol. The van der Waals surface area contributed by atoms with Crippen molar-refractivity contribution in [2.45, 2.75) is 0 Å². The Balaban J connectivity index is 1.14. The number of hydrogen-bond acceptors (Lipinski definition) is 2. The first-order valence-corrected chi connectivity index (χ1v) is 17.2. The monoisotopic (exact) mass is 627 g/mol. The number of thiophene rings is 1. The largest absolute Gasteiger partial charge is 0.310 e. The van der Waals surface area contributed by atoms with E-state index in [-0.39, 0.29) is 0 Å². The molecule has 48 heavy (non-hydrogen) atoms. The lowest BCUT2D eigenvalue weighted by molar-refractivity contribution is 1.29. The maximum Gasteiger partial charge on any atom is 0.0468 e. The molecule has 224 valence electrons. The first kappa shape index (κ1) is 27.2. The summed E-state index contributed by atoms with van der Waals surface area (Å²) >= 11 is 1.87. The maximum atomic E-state index is 2.38. The van der Waals surface area contributed by atoms with Crippen LogP contribution in [0.3, 0.4) is 0 Å². The quantitative estimate of drug-likeness (QED) is 0.176. The fourth-order valence-electron chi connectivity index (χ4n) is 7.60. The van der Waals surface area contributed by atoms with Crippen LogP contribution in [0.5, 0.6) is 0 Å². The van der Waals surface area contributed by atoms with Crippen LogP contribution in [0.15, 0.2) is 176 Å². The van der Waals surface area contributed by atoms with Gasteiger partial charge in [-0.15, -0.1) is 11.3 Å². The molecule has 0 aliphatic carbocycles. The van der Waals surface area contributed by atoms with Crippen LogP contribution in [-0.4, -0.2) is 0 Å². The molecule has 1 heterocycles. The molecule has 10 aromatic rings. The van der Waals surface area contributed by atoms with E-state index < -0.39 is 0 Å². The van der Waals surface area contributed by atoms with Crippen molar-refractivity contribution < 1.29 is 0 Å². The lowest BCUT2D eigenvalue weighted by Crippen LogP contribution is -2.09. The van der Waals surface area contributed by atoms with Gasteiger partial charge in [0.25, 0.3) is 0 Å². The summed E-state index contributed by atoms with van der Waals surface area (Å²) in [5, 5.41) is 12.9. The van der Waals surface area contributed by atoms with Crippen LogP contribution in [0.25, 0.3) is 74.4 Å². The van der Waals surface area contributed by atoms with Gasteiger partial charge in [-0.2, -0.15) is 0 Å².